The van der Waals surface area contributed by atoms with E-state index < -0.39 is 184 Å². The zero-order chi connectivity index (χ0) is 75.0. The van der Waals surface area contributed by atoms with Crippen LogP contribution in [0.5, 0.6) is 69.0 Å². The van der Waals surface area contributed by atoms with Gasteiger partial charge >= 0.3 is 5.97 Å². The first-order chi connectivity index (χ1) is 50.7. The topological polar surface area (TPSA) is 486 Å². The predicted molar refractivity (Wildman–Crippen MR) is 368 cm³/mol. The average molecular weight is 1470 g/mol. The van der Waals surface area contributed by atoms with Gasteiger partial charge in [0, 0.05) is 45.3 Å². The Hall–Kier alpha value is -12.1. The molecule has 0 spiro atoms. The number of nitrogens with one attached hydrogen (secondary N) is 6. The maximum absolute atomic E-state index is 16.1. The lowest BCUT2D eigenvalue weighted by Crippen LogP contribution is -2.57. The number of thioether (sulfide) groups is 1. The number of hydrogen-bond donors (Lipinski definition) is 18. The van der Waals surface area contributed by atoms with Crippen LogP contribution in [-0.2, 0) is 43.0 Å². The van der Waals surface area contributed by atoms with E-state index in [2.05, 4.69) is 31.9 Å². The maximum atomic E-state index is 16.1. The van der Waals surface area contributed by atoms with Gasteiger partial charge in [-0.1, -0.05) is 72.4 Å². The van der Waals surface area contributed by atoms with Crippen molar-refractivity contribution in [3.63, 3.8) is 0 Å². The van der Waals surface area contributed by atoms with Crippen molar-refractivity contribution >= 4 is 63.9 Å². The fraction of sp³-hybridized carbons (Fsp3) is 0.230. The summed E-state index contributed by atoms with van der Waals surface area (Å²) in [7, 11) is 0.964. The van der Waals surface area contributed by atoms with Gasteiger partial charge in [0.25, 0.3) is 0 Å². The van der Waals surface area contributed by atoms with Crippen LogP contribution in [-0.4, -0.2) is 163 Å². The van der Waals surface area contributed by atoms with E-state index in [9.17, 15) is 70.9 Å². The van der Waals surface area contributed by atoms with Crippen molar-refractivity contribution in [1.29, 1.82) is 0 Å². The van der Waals surface area contributed by atoms with Crippen molar-refractivity contribution < 1.29 is 119 Å². The monoisotopic (exact) mass is 1470 g/mol. The molecule has 31 nitrogen and oxygen atoms in total. The molecule has 32 heteroatoms. The van der Waals surface area contributed by atoms with Crippen LogP contribution in [0.15, 0.2) is 157 Å². The number of carbonyl (C=O) groups excluding carboxylic acids is 7. The standard InChI is InChI=1S/C74H65N7O24S/c1-29-45(86)20-35-22-47(29)104-48-21-33(12-18-44(48)85)59(81-27-34-5-3-4-6-40(34)72(81)106-74-65(93)64(92)63(91)51(28-82)105-74)71(99)80-58-61(89)31-9-15-39(16-10-31)103-50-24-36-23-49(62(50)90)102-38-13-7-30(8-14-38)60(88)57-70(98)78-56(73(100)101-2)42-25-37(83)26-46(87)52(42)41-19-32(11-17-43(41)84)53(66(94)79-57)75-68(96)55(36)76-67(95)54(35)77-69(58)97/h3-27,51,53-61,63-65,74,82-93H,28H2,1-2H3,(H,75,96)(H,76,95)(H,77,97)(H,78,98)(H,79,94)(H,80,99)/t51-,53-,54+,55-,56-,57+,58-,59-,60-,61-,63-,64+,65-,74+/m1/s1. The number of aromatic nitrogens is 1. The Bertz CT molecular complexity index is 5080. The number of phenols is 6. The number of aliphatic hydroxyl groups excluding tert-OH is 6. The fourth-order valence-electron chi connectivity index (χ4n) is 13.4. The largest absolute Gasteiger partial charge is 0.508 e. The summed E-state index contributed by atoms with van der Waals surface area (Å²) in [6.45, 7) is 0.618. The van der Waals surface area contributed by atoms with Crippen molar-refractivity contribution in [3.8, 4) is 80.1 Å². The number of amides is 6. The molecule has 14 atom stereocenters. The third kappa shape index (κ3) is 13.1. The lowest BCUT2D eigenvalue weighted by atomic mass is 9.89. The highest BCUT2D eigenvalue weighted by molar-refractivity contribution is 8.00. The summed E-state index contributed by atoms with van der Waals surface area (Å²) in [6, 6.07) is 15.9. The summed E-state index contributed by atoms with van der Waals surface area (Å²) in [4.78, 5) is 108. The molecule has 7 aliphatic heterocycles. The van der Waals surface area contributed by atoms with Gasteiger partial charge in [0.1, 0.15) is 119 Å². The first-order valence-corrected chi connectivity index (χ1v) is 33.6. The van der Waals surface area contributed by atoms with Crippen LogP contribution in [0.2, 0.25) is 0 Å². The molecule has 546 valence electrons. The van der Waals surface area contributed by atoms with E-state index in [1.807, 2.05) is 0 Å². The molecular weight excluding hydrogens is 1400 g/mol. The van der Waals surface area contributed by atoms with Gasteiger partial charge in [0.15, 0.2) is 29.0 Å². The van der Waals surface area contributed by atoms with Gasteiger partial charge in [0.05, 0.1) is 18.7 Å². The molecule has 7 aliphatic rings. The zero-order valence-corrected chi connectivity index (χ0v) is 56.2. The number of rotatable bonds is 5. The minimum Gasteiger partial charge on any atom is -0.508 e. The highest BCUT2D eigenvalue weighted by atomic mass is 32.2. The van der Waals surface area contributed by atoms with E-state index in [4.69, 9.17) is 23.7 Å². The van der Waals surface area contributed by atoms with Gasteiger partial charge in [0.2, 0.25) is 41.2 Å². The maximum Gasteiger partial charge on any atom is 0.333 e. The van der Waals surface area contributed by atoms with Gasteiger partial charge in [-0.2, -0.15) is 0 Å². The summed E-state index contributed by atoms with van der Waals surface area (Å²) < 4.78 is 31.4. The third-order valence-electron chi connectivity index (χ3n) is 19.0. The van der Waals surface area contributed by atoms with E-state index in [-0.39, 0.29) is 78.1 Å². The molecule has 8 aromatic carbocycles. The molecule has 0 radical (unpaired) electrons. The Kier molecular flexibility index (Phi) is 18.8. The third-order valence-corrected chi connectivity index (χ3v) is 20.3. The van der Waals surface area contributed by atoms with Gasteiger partial charge in [-0.05, 0) is 119 Å². The first-order valence-electron chi connectivity index (χ1n) is 32.7. The smallest absolute Gasteiger partial charge is 0.333 e. The van der Waals surface area contributed by atoms with E-state index in [0.717, 1.165) is 67.4 Å². The first kappa shape index (κ1) is 70.9. The van der Waals surface area contributed by atoms with Crippen LogP contribution in [0, 0.1) is 6.92 Å². The highest BCUT2D eigenvalue weighted by Gasteiger charge is 2.47. The number of hydrogen-bond acceptors (Lipinski definition) is 25. The van der Waals surface area contributed by atoms with Crippen molar-refractivity contribution in [2.75, 3.05) is 13.7 Å². The molecule has 0 saturated carbocycles. The molecule has 17 bridgehead atoms. The number of nitrogens with zero attached hydrogens (tertiary/aromatic N) is 1. The van der Waals surface area contributed by atoms with Gasteiger partial charge < -0.3 is 121 Å². The Morgan fingerprint density at radius 1 is 0.509 bits per heavy atom. The number of esters is 1. The number of benzene rings is 8. The second kappa shape index (κ2) is 28.1. The van der Waals surface area contributed by atoms with Crippen LogP contribution in [0.3, 0.4) is 0 Å². The van der Waals surface area contributed by atoms with Crippen LogP contribution < -0.4 is 46.1 Å². The van der Waals surface area contributed by atoms with E-state index in [1.165, 1.54) is 90.5 Å². The second-order valence-electron chi connectivity index (χ2n) is 25.7. The summed E-state index contributed by atoms with van der Waals surface area (Å²) in [6.07, 6.45) is -9.35. The molecule has 0 unspecified atom stereocenters. The number of phenolic OH excluding ortho intramolecular Hbond substituents is 6. The van der Waals surface area contributed by atoms with E-state index >= 15 is 24.0 Å². The van der Waals surface area contributed by atoms with Crippen molar-refractivity contribution in [3.05, 3.63) is 196 Å². The highest BCUT2D eigenvalue weighted by Crippen LogP contribution is 2.49. The van der Waals surface area contributed by atoms with Crippen LogP contribution in [0.25, 0.3) is 21.9 Å². The summed E-state index contributed by atoms with van der Waals surface area (Å²) in [5, 5.41) is 155. The van der Waals surface area contributed by atoms with E-state index in [1.54, 1.807) is 24.3 Å². The number of methoxy groups -OCH3 is 1. The molecule has 16 rings (SSSR count). The van der Waals surface area contributed by atoms with Crippen LogP contribution in [0.4, 0.5) is 0 Å². The number of carbonyl (C=O) groups is 7. The molecule has 1 fully saturated rings. The summed E-state index contributed by atoms with van der Waals surface area (Å²) >= 11 is 0.787. The molecule has 9 aromatic rings. The minimum absolute atomic E-state index is 0.0193. The Morgan fingerprint density at radius 3 is 1.68 bits per heavy atom. The molecule has 1 saturated heterocycles. The average Bonchev–Trinajstić information content (AvgIpc) is 1.59. The van der Waals surface area contributed by atoms with Crippen molar-refractivity contribution in [2.45, 2.75) is 96.3 Å². The molecule has 6 amide bonds. The van der Waals surface area contributed by atoms with Crippen molar-refractivity contribution in [2.24, 2.45) is 0 Å². The molecule has 106 heavy (non-hydrogen) atoms. The summed E-state index contributed by atoms with van der Waals surface area (Å²) in [5.41, 5.74) is -3.69. The Labute approximate surface area is 602 Å². The number of fused-ring (bicyclic) bond motifs is 15. The minimum atomic E-state index is -2.22. The number of ether oxygens (including phenoxy) is 5. The normalized spacial score (nSPS) is 25.1. The summed E-state index contributed by atoms with van der Waals surface area (Å²) in [5.74, 6) is -14.6. The van der Waals surface area contributed by atoms with Crippen LogP contribution >= 0.6 is 11.8 Å². The van der Waals surface area contributed by atoms with Crippen LogP contribution in [0.1, 0.15) is 86.9 Å². The molecular formula is C74H65N7O24S. The predicted octanol–water partition coefficient (Wildman–Crippen LogP) is 4.00. The number of aliphatic hydroxyl groups is 6. The van der Waals surface area contributed by atoms with Gasteiger partial charge in [-0.3, -0.25) is 28.8 Å². The quantitative estimate of drug-likeness (QED) is 0.108. The zero-order valence-electron chi connectivity index (χ0n) is 55.3. The molecule has 8 heterocycles. The second-order valence-corrected chi connectivity index (χ2v) is 26.8. The van der Waals surface area contributed by atoms with Crippen molar-refractivity contribution in [1.82, 2.24) is 36.5 Å². The van der Waals surface area contributed by atoms with Gasteiger partial charge in [-0.25, -0.2) is 4.79 Å². The Balaban J connectivity index is 0.947. The molecule has 0 aliphatic carbocycles. The lowest BCUT2D eigenvalue weighted by Gasteiger charge is -2.39. The SMILES string of the molecule is COC(=O)[C@@H]1NC(=O)[C@H]2NC(=O)[C@H](NC(=O)[C@@H]3NC(=O)[C@H]4NC(=O)[C@H](NC(=O)[C@H](n5cc6ccccc6c5S[C@@H]5O[C@H](CO)[C@@H](O)[C@H](O)[C@H]5O)c5ccc(O)c(c5)Oc5cc4cc(O)c5C)[C@H](O)c4ccc(cc4)Oc4cc3cc(c4O)Oc3ccc(cc3)[C@H]2O)c2ccc(O)c(c2)-c2c(O)cc(O)cc21. The fourth-order valence-corrected chi connectivity index (χ4v) is 14.7. The number of aromatic hydroxyl groups is 6. The molecule has 18 N–H and O–H groups in total. The Morgan fingerprint density at radius 2 is 1.05 bits per heavy atom. The lowest BCUT2D eigenvalue weighted by molar-refractivity contribution is -0.205. The van der Waals surface area contributed by atoms with E-state index in [0.29, 0.717) is 10.8 Å². The van der Waals surface area contributed by atoms with Gasteiger partial charge in [-0.15, -0.1) is 0 Å². The molecule has 1 aromatic heterocycles.